The number of methoxy groups -OCH3 is 1. The largest absolute Gasteiger partial charge is 0.427 e. The third-order valence-corrected chi connectivity index (χ3v) is 3.01. The Hall–Kier alpha value is -1.95. The molecule has 0 radical (unpaired) electrons. The molecule has 1 aromatic carbocycles. The summed E-state index contributed by atoms with van der Waals surface area (Å²) in [6.45, 7) is 9.36. The molecule has 0 N–H and O–H groups in total. The van der Waals surface area contributed by atoms with E-state index in [4.69, 9.17) is 0 Å². The fraction of sp³-hybridized carbons (Fsp3) is 0.294. The quantitative estimate of drug-likeness (QED) is 0.482. The van der Waals surface area contributed by atoms with Crippen LogP contribution in [0.4, 0.5) is 22.0 Å². The van der Waals surface area contributed by atoms with Crippen LogP contribution in [0.1, 0.15) is 12.0 Å². The number of benzene rings is 1. The van der Waals surface area contributed by atoms with Crippen molar-refractivity contribution in [2.45, 2.75) is 24.1 Å². The van der Waals surface area contributed by atoms with Crippen LogP contribution in [0.5, 0.6) is 0 Å². The minimum Gasteiger partial charge on any atom is -0.360 e. The molecule has 1 aromatic rings. The van der Waals surface area contributed by atoms with Crippen LogP contribution in [0.3, 0.4) is 0 Å². The number of rotatable bonds is 6. The molecule has 1 unspecified atom stereocenters. The molecule has 0 aromatic heterocycles. The van der Waals surface area contributed by atoms with E-state index in [9.17, 15) is 22.0 Å². The Labute approximate surface area is 132 Å². The van der Waals surface area contributed by atoms with Crippen molar-refractivity contribution in [1.82, 2.24) is 0 Å². The summed E-state index contributed by atoms with van der Waals surface area (Å²) < 4.78 is 67.9. The molecular weight excluding hydrogens is 315 g/mol. The van der Waals surface area contributed by atoms with E-state index in [0.717, 1.165) is 0 Å². The second-order valence-electron chi connectivity index (χ2n) is 4.45. The van der Waals surface area contributed by atoms with E-state index >= 15 is 0 Å². The first-order chi connectivity index (χ1) is 10.6. The van der Waals surface area contributed by atoms with Gasteiger partial charge in [-0.25, -0.2) is 8.78 Å². The normalized spacial score (nSPS) is 14.0. The fourth-order valence-corrected chi connectivity index (χ4v) is 1.74. The van der Waals surface area contributed by atoms with Crippen molar-refractivity contribution in [1.29, 1.82) is 0 Å². The molecule has 0 aliphatic rings. The van der Waals surface area contributed by atoms with Gasteiger partial charge < -0.3 is 4.74 Å². The van der Waals surface area contributed by atoms with E-state index in [1.165, 1.54) is 5.56 Å². The molecule has 0 saturated heterocycles. The number of hydrogen-bond acceptors (Lipinski definition) is 1. The smallest absolute Gasteiger partial charge is 0.360 e. The average molecular weight is 334 g/mol. The predicted octanol–water partition coefficient (Wildman–Crippen LogP) is 5.66. The van der Waals surface area contributed by atoms with Gasteiger partial charge >= 0.3 is 6.18 Å². The molecule has 0 saturated carbocycles. The van der Waals surface area contributed by atoms with Gasteiger partial charge in [0.1, 0.15) is 0 Å². The van der Waals surface area contributed by atoms with E-state index in [-0.39, 0.29) is 6.08 Å². The Kier molecular flexibility index (Phi) is 7.89. The molecule has 0 fully saturated rings. The summed E-state index contributed by atoms with van der Waals surface area (Å²) in [5.74, 6) is -4.14. The van der Waals surface area contributed by atoms with Crippen LogP contribution in [0.15, 0.2) is 62.2 Å². The summed E-state index contributed by atoms with van der Waals surface area (Å²) in [6, 6.07) is 10.0. The zero-order valence-corrected chi connectivity index (χ0v) is 12.7. The van der Waals surface area contributed by atoms with Gasteiger partial charge in [-0.2, -0.15) is 13.2 Å². The Morgan fingerprint density at radius 3 is 1.78 bits per heavy atom. The van der Waals surface area contributed by atoms with Crippen LogP contribution in [0.2, 0.25) is 0 Å². The number of allylic oxidation sites excluding steroid dienone is 1. The lowest BCUT2D eigenvalue weighted by molar-refractivity contribution is -0.317. The third-order valence-electron chi connectivity index (χ3n) is 3.01. The maximum absolute atomic E-state index is 13.3. The molecule has 1 nitrogen and oxygen atoms in total. The molecular formula is C17H19F5O. The molecule has 23 heavy (non-hydrogen) atoms. The zero-order valence-electron chi connectivity index (χ0n) is 12.7. The Bertz CT molecular complexity index is 507. The molecule has 0 aliphatic carbocycles. The van der Waals surface area contributed by atoms with Crippen LogP contribution in [0.25, 0.3) is 6.08 Å². The first kappa shape index (κ1) is 21.0. The van der Waals surface area contributed by atoms with Gasteiger partial charge in [-0.3, -0.25) is 0 Å². The average Bonchev–Trinajstić information content (AvgIpc) is 2.48. The number of hydrogen-bond donors (Lipinski definition) is 0. The highest BCUT2D eigenvalue weighted by Crippen LogP contribution is 2.47. The van der Waals surface area contributed by atoms with E-state index in [0.29, 0.717) is 13.2 Å². The third kappa shape index (κ3) is 5.03. The van der Waals surface area contributed by atoms with Gasteiger partial charge in [0.15, 0.2) is 0 Å². The van der Waals surface area contributed by atoms with Crippen LogP contribution >= 0.6 is 0 Å². The van der Waals surface area contributed by atoms with E-state index in [1.807, 2.05) is 36.4 Å². The molecule has 1 rings (SSSR count). The van der Waals surface area contributed by atoms with E-state index in [1.54, 1.807) is 0 Å². The second kappa shape index (κ2) is 8.62. The van der Waals surface area contributed by atoms with Crippen LogP contribution < -0.4 is 0 Å². The lowest BCUT2D eigenvalue weighted by Crippen LogP contribution is -2.58. The van der Waals surface area contributed by atoms with Crippen molar-refractivity contribution in [3.63, 3.8) is 0 Å². The highest BCUT2D eigenvalue weighted by Gasteiger charge is 2.68. The molecule has 128 valence electrons. The summed E-state index contributed by atoms with van der Waals surface area (Å²) in [7, 11) is 0.562. The minimum atomic E-state index is -5.24. The molecule has 0 amide bonds. The van der Waals surface area contributed by atoms with Gasteiger partial charge in [0.25, 0.3) is 5.92 Å². The fourth-order valence-electron chi connectivity index (χ4n) is 1.74. The first-order valence-corrected chi connectivity index (χ1v) is 6.53. The van der Waals surface area contributed by atoms with E-state index in [2.05, 4.69) is 24.5 Å². The summed E-state index contributed by atoms with van der Waals surface area (Å²) in [6.07, 6.45) is -3.79. The molecule has 0 heterocycles. The lowest BCUT2D eigenvalue weighted by Gasteiger charge is -2.37. The van der Waals surface area contributed by atoms with Gasteiger partial charge in [0, 0.05) is 13.5 Å². The van der Waals surface area contributed by atoms with E-state index < -0.39 is 24.1 Å². The van der Waals surface area contributed by atoms with Gasteiger partial charge in [0.05, 0.1) is 0 Å². The predicted molar refractivity (Wildman–Crippen MR) is 82.3 cm³/mol. The topological polar surface area (TPSA) is 9.23 Å². The number of ether oxygens (including phenoxy) is 1. The van der Waals surface area contributed by atoms with Crippen molar-refractivity contribution < 1.29 is 26.7 Å². The maximum Gasteiger partial charge on any atom is 0.427 e. The zero-order chi connectivity index (χ0) is 18.1. The summed E-state index contributed by atoms with van der Waals surface area (Å²) >= 11 is 0. The monoisotopic (exact) mass is 334 g/mol. The summed E-state index contributed by atoms with van der Waals surface area (Å²) in [4.78, 5) is 0. The summed E-state index contributed by atoms with van der Waals surface area (Å²) in [5, 5.41) is 0. The van der Waals surface area contributed by atoms with Crippen molar-refractivity contribution in [2.24, 2.45) is 0 Å². The molecule has 6 heteroatoms. The number of halogens is 5. The van der Waals surface area contributed by atoms with Gasteiger partial charge in [-0.15, -0.1) is 6.58 Å². The van der Waals surface area contributed by atoms with Crippen molar-refractivity contribution in [3.8, 4) is 0 Å². The highest BCUT2D eigenvalue weighted by atomic mass is 19.4. The van der Waals surface area contributed by atoms with Crippen LogP contribution in [-0.2, 0) is 4.74 Å². The van der Waals surface area contributed by atoms with Crippen LogP contribution in [0, 0.1) is 0 Å². The Balaban J connectivity index is 0.000000502. The maximum atomic E-state index is 13.3. The standard InChI is InChI=1S/C9H11F5O.C8H8/c1-4-6-8(10,11)7(5-2,15-3)9(12,13)14;1-2-8-6-4-3-5-7-8/h4-5H,1-2,6H2,3H3;2-7H,1H2. The van der Waals surface area contributed by atoms with Gasteiger partial charge in [0.2, 0.25) is 5.60 Å². The molecule has 0 aliphatic heterocycles. The van der Waals surface area contributed by atoms with Crippen LogP contribution in [-0.4, -0.2) is 24.8 Å². The minimum absolute atomic E-state index is 0.0660. The molecule has 0 spiro atoms. The Morgan fingerprint density at radius 2 is 1.52 bits per heavy atom. The second-order valence-corrected chi connectivity index (χ2v) is 4.45. The molecule has 0 bridgehead atoms. The SMILES string of the molecule is C=CCC(F)(F)C(C=C)(OC)C(F)(F)F.C=Cc1ccccc1. The Morgan fingerprint density at radius 1 is 1.00 bits per heavy atom. The van der Waals surface area contributed by atoms with Crippen molar-refractivity contribution >= 4 is 6.08 Å². The first-order valence-electron chi connectivity index (χ1n) is 6.53. The lowest BCUT2D eigenvalue weighted by atomic mass is 9.92. The highest BCUT2D eigenvalue weighted by molar-refractivity contribution is 5.45. The molecule has 1 atom stereocenters. The van der Waals surface area contributed by atoms with Gasteiger partial charge in [-0.05, 0) is 11.6 Å². The van der Waals surface area contributed by atoms with Crippen molar-refractivity contribution in [3.05, 3.63) is 67.8 Å². The van der Waals surface area contributed by atoms with Gasteiger partial charge in [-0.1, -0.05) is 55.6 Å². The summed E-state index contributed by atoms with van der Waals surface area (Å²) in [5.41, 5.74) is -2.50. The van der Waals surface area contributed by atoms with Crippen molar-refractivity contribution in [2.75, 3.05) is 7.11 Å². The number of alkyl halides is 5.